The van der Waals surface area contributed by atoms with Gasteiger partial charge in [0.05, 0.1) is 12.8 Å². The first kappa shape index (κ1) is 24.0. The van der Waals surface area contributed by atoms with Crippen LogP contribution in [0.3, 0.4) is 0 Å². The lowest BCUT2D eigenvalue weighted by atomic mass is 10.0. The van der Waals surface area contributed by atoms with Gasteiger partial charge in [0.15, 0.2) is 0 Å². The highest BCUT2D eigenvalue weighted by atomic mass is 127. The lowest BCUT2D eigenvalue weighted by Crippen LogP contribution is -2.54. The number of aryl methyl sites for hydroxylation is 1. The zero-order valence-corrected chi connectivity index (χ0v) is 21.3. The standard InChI is InChI=1S/C26H20ClIN2O4/c1-15-7-3-6-10-22(15)30-25(32)19(24(31)29-26(30)33)11-16-12-21(28)18(23(13-16)34-2)14-17-8-4-5-9-20(17)27/h3-13H,14H2,1-2H3,(H,29,31,33)/b19-11+. The van der Waals surface area contributed by atoms with E-state index in [1.807, 2.05) is 36.4 Å². The number of hydrogen-bond donors (Lipinski definition) is 1. The van der Waals surface area contributed by atoms with Crippen molar-refractivity contribution in [2.24, 2.45) is 0 Å². The van der Waals surface area contributed by atoms with Gasteiger partial charge in [-0.15, -0.1) is 0 Å². The van der Waals surface area contributed by atoms with E-state index in [1.165, 1.54) is 6.08 Å². The number of rotatable bonds is 5. The quantitative estimate of drug-likeness (QED) is 0.243. The Balaban J connectivity index is 1.73. The number of hydrogen-bond acceptors (Lipinski definition) is 4. The van der Waals surface area contributed by atoms with Crippen LogP contribution in [0.25, 0.3) is 6.08 Å². The second-order valence-electron chi connectivity index (χ2n) is 7.70. The van der Waals surface area contributed by atoms with Gasteiger partial charge in [-0.3, -0.25) is 14.9 Å². The van der Waals surface area contributed by atoms with Crippen molar-refractivity contribution in [2.45, 2.75) is 13.3 Å². The molecule has 6 nitrogen and oxygen atoms in total. The molecular formula is C26H20ClIN2O4. The molecule has 4 amide bonds. The topological polar surface area (TPSA) is 75.7 Å². The van der Waals surface area contributed by atoms with E-state index in [-0.39, 0.29) is 5.57 Å². The summed E-state index contributed by atoms with van der Waals surface area (Å²) in [5.41, 5.74) is 3.52. The van der Waals surface area contributed by atoms with E-state index >= 15 is 0 Å². The lowest BCUT2D eigenvalue weighted by Gasteiger charge is -2.27. The van der Waals surface area contributed by atoms with Gasteiger partial charge in [0.25, 0.3) is 11.8 Å². The number of amides is 4. The Kier molecular flexibility index (Phi) is 7.04. The number of nitrogens with one attached hydrogen (secondary N) is 1. The first-order valence-corrected chi connectivity index (χ1v) is 11.8. The number of para-hydroxylation sites is 1. The predicted molar refractivity (Wildman–Crippen MR) is 140 cm³/mol. The molecule has 1 aliphatic heterocycles. The molecule has 0 radical (unpaired) electrons. The van der Waals surface area contributed by atoms with Gasteiger partial charge in [-0.05, 0) is 76.5 Å². The number of nitrogens with zero attached hydrogens (tertiary/aromatic N) is 1. The lowest BCUT2D eigenvalue weighted by molar-refractivity contribution is -0.122. The third kappa shape index (κ3) is 4.71. The fraction of sp³-hybridized carbons (Fsp3) is 0.115. The Morgan fingerprint density at radius 2 is 1.76 bits per heavy atom. The molecule has 1 heterocycles. The van der Waals surface area contributed by atoms with E-state index in [0.717, 1.165) is 25.2 Å². The van der Waals surface area contributed by atoms with Crippen molar-refractivity contribution in [3.8, 4) is 5.75 Å². The van der Waals surface area contributed by atoms with Gasteiger partial charge in [0.2, 0.25) is 0 Å². The zero-order valence-electron chi connectivity index (χ0n) is 18.4. The van der Waals surface area contributed by atoms with Crippen LogP contribution in [0.5, 0.6) is 5.75 Å². The maximum Gasteiger partial charge on any atom is 0.335 e. The largest absolute Gasteiger partial charge is 0.496 e. The monoisotopic (exact) mass is 586 g/mol. The third-order valence-corrected chi connectivity index (χ3v) is 6.82. The van der Waals surface area contributed by atoms with Gasteiger partial charge in [0, 0.05) is 20.6 Å². The minimum Gasteiger partial charge on any atom is -0.496 e. The van der Waals surface area contributed by atoms with Crippen molar-refractivity contribution in [1.82, 2.24) is 5.32 Å². The van der Waals surface area contributed by atoms with Crippen LogP contribution in [0.2, 0.25) is 5.02 Å². The summed E-state index contributed by atoms with van der Waals surface area (Å²) in [6, 6.07) is 17.4. The summed E-state index contributed by atoms with van der Waals surface area (Å²) in [5.74, 6) is -0.819. The first-order valence-electron chi connectivity index (χ1n) is 10.4. The van der Waals surface area contributed by atoms with Crippen LogP contribution < -0.4 is 15.0 Å². The summed E-state index contributed by atoms with van der Waals surface area (Å²) < 4.78 is 6.51. The Morgan fingerprint density at radius 1 is 1.06 bits per heavy atom. The molecule has 3 aromatic rings. The van der Waals surface area contributed by atoms with Crippen LogP contribution in [0.1, 0.15) is 22.3 Å². The van der Waals surface area contributed by atoms with Gasteiger partial charge in [-0.1, -0.05) is 48.0 Å². The van der Waals surface area contributed by atoms with E-state index in [9.17, 15) is 14.4 Å². The summed E-state index contributed by atoms with van der Waals surface area (Å²) >= 11 is 8.53. The van der Waals surface area contributed by atoms with Crippen LogP contribution in [-0.2, 0) is 16.0 Å². The highest BCUT2D eigenvalue weighted by molar-refractivity contribution is 14.1. The van der Waals surface area contributed by atoms with E-state index in [2.05, 4.69) is 27.9 Å². The number of imide groups is 2. The smallest absolute Gasteiger partial charge is 0.335 e. The molecule has 0 spiro atoms. The predicted octanol–water partition coefficient (Wildman–Crippen LogP) is 5.52. The van der Waals surface area contributed by atoms with E-state index in [4.69, 9.17) is 16.3 Å². The molecule has 0 aromatic heterocycles. The summed E-state index contributed by atoms with van der Waals surface area (Å²) in [5, 5.41) is 2.92. The third-order valence-electron chi connectivity index (χ3n) is 5.49. The Bertz CT molecular complexity index is 1350. The summed E-state index contributed by atoms with van der Waals surface area (Å²) in [6.07, 6.45) is 2.03. The van der Waals surface area contributed by atoms with Crippen molar-refractivity contribution in [3.05, 3.63) is 97.1 Å². The van der Waals surface area contributed by atoms with Crippen LogP contribution in [0, 0.1) is 10.5 Å². The molecular weight excluding hydrogens is 567 g/mol. The molecule has 0 bridgehead atoms. The highest BCUT2D eigenvalue weighted by Gasteiger charge is 2.37. The summed E-state index contributed by atoms with van der Waals surface area (Å²) in [4.78, 5) is 39.2. The summed E-state index contributed by atoms with van der Waals surface area (Å²) in [6.45, 7) is 1.79. The van der Waals surface area contributed by atoms with Crippen molar-refractivity contribution in [3.63, 3.8) is 0 Å². The van der Waals surface area contributed by atoms with E-state index in [1.54, 1.807) is 38.3 Å². The Labute approximate surface area is 215 Å². The minimum atomic E-state index is -0.774. The number of carbonyl (C=O) groups excluding carboxylic acids is 3. The molecule has 4 rings (SSSR count). The van der Waals surface area contributed by atoms with Crippen LogP contribution in [0.4, 0.5) is 10.5 Å². The first-order chi connectivity index (χ1) is 16.3. The van der Waals surface area contributed by atoms with Crippen LogP contribution >= 0.6 is 34.2 Å². The zero-order chi connectivity index (χ0) is 24.4. The van der Waals surface area contributed by atoms with Gasteiger partial charge in [-0.25, -0.2) is 9.69 Å². The molecule has 0 atom stereocenters. The van der Waals surface area contributed by atoms with E-state index in [0.29, 0.717) is 28.4 Å². The molecule has 1 aliphatic rings. The van der Waals surface area contributed by atoms with Crippen molar-refractivity contribution in [1.29, 1.82) is 0 Å². The molecule has 3 aromatic carbocycles. The number of ether oxygens (including phenoxy) is 1. The van der Waals surface area contributed by atoms with Crippen LogP contribution in [-0.4, -0.2) is 25.0 Å². The molecule has 8 heteroatoms. The van der Waals surface area contributed by atoms with Gasteiger partial charge < -0.3 is 4.74 Å². The number of urea groups is 1. The maximum atomic E-state index is 13.2. The van der Waals surface area contributed by atoms with Crippen LogP contribution in [0.15, 0.2) is 66.2 Å². The molecule has 0 aliphatic carbocycles. The number of carbonyl (C=O) groups is 3. The SMILES string of the molecule is COc1cc(/C=C2\C(=O)NC(=O)N(c3ccccc3C)C2=O)cc(I)c1Cc1ccccc1Cl. The Hall–Kier alpha value is -3.17. The number of barbiturate groups is 1. The number of benzene rings is 3. The molecule has 1 N–H and O–H groups in total. The fourth-order valence-corrected chi connectivity index (χ4v) is 4.78. The average Bonchev–Trinajstić information content (AvgIpc) is 2.80. The fourth-order valence-electron chi connectivity index (χ4n) is 3.76. The second-order valence-corrected chi connectivity index (χ2v) is 9.27. The van der Waals surface area contributed by atoms with E-state index < -0.39 is 17.8 Å². The van der Waals surface area contributed by atoms with Gasteiger partial charge in [-0.2, -0.15) is 0 Å². The van der Waals surface area contributed by atoms with Crippen molar-refractivity contribution < 1.29 is 19.1 Å². The molecule has 1 saturated heterocycles. The van der Waals surface area contributed by atoms with Crippen molar-refractivity contribution >= 4 is 63.8 Å². The van der Waals surface area contributed by atoms with Crippen molar-refractivity contribution in [2.75, 3.05) is 12.0 Å². The number of methoxy groups -OCH3 is 1. The normalized spacial score (nSPS) is 15.0. The number of halogens is 2. The second kappa shape index (κ2) is 9.99. The molecule has 34 heavy (non-hydrogen) atoms. The molecule has 0 saturated carbocycles. The minimum absolute atomic E-state index is 0.139. The highest BCUT2D eigenvalue weighted by Crippen LogP contribution is 2.32. The van der Waals surface area contributed by atoms with Gasteiger partial charge >= 0.3 is 6.03 Å². The molecule has 172 valence electrons. The average molecular weight is 587 g/mol. The molecule has 1 fully saturated rings. The maximum absolute atomic E-state index is 13.2. The Morgan fingerprint density at radius 3 is 2.47 bits per heavy atom. The van der Waals surface area contributed by atoms with Gasteiger partial charge in [0.1, 0.15) is 11.3 Å². The number of anilines is 1. The molecule has 0 unspecified atom stereocenters. The summed E-state index contributed by atoms with van der Waals surface area (Å²) in [7, 11) is 1.56.